The number of carbonyl (C=O) groups excluding carboxylic acids is 1. The average molecular weight is 293 g/mol. The summed E-state index contributed by atoms with van der Waals surface area (Å²) >= 11 is 1.55. The van der Waals surface area contributed by atoms with Crippen LogP contribution in [0.3, 0.4) is 0 Å². The summed E-state index contributed by atoms with van der Waals surface area (Å²) in [6, 6.07) is 1.31. The molecule has 108 valence electrons. The lowest BCUT2D eigenvalue weighted by Gasteiger charge is -2.37. The SMILES string of the molecule is CC1CCCN(C(=O)c2cc3c(s2)CCC3)C1C(=O)O. The van der Waals surface area contributed by atoms with Crippen molar-refractivity contribution in [2.24, 2.45) is 5.92 Å². The second kappa shape index (κ2) is 5.20. The van der Waals surface area contributed by atoms with Gasteiger partial charge < -0.3 is 10.0 Å². The summed E-state index contributed by atoms with van der Waals surface area (Å²) in [5.41, 5.74) is 1.29. The number of fused-ring (bicyclic) bond motifs is 1. The molecule has 2 heterocycles. The Kier molecular flexibility index (Phi) is 3.54. The summed E-state index contributed by atoms with van der Waals surface area (Å²) in [6.45, 7) is 2.48. The lowest BCUT2D eigenvalue weighted by Crippen LogP contribution is -2.51. The maximum absolute atomic E-state index is 12.6. The molecule has 5 heteroatoms. The third kappa shape index (κ3) is 2.24. The van der Waals surface area contributed by atoms with Gasteiger partial charge in [0.05, 0.1) is 4.88 Å². The van der Waals surface area contributed by atoms with Gasteiger partial charge in [-0.05, 0) is 49.7 Å². The number of aliphatic carboxylic acids is 1. The number of piperidine rings is 1. The molecule has 0 spiro atoms. The molecule has 1 fully saturated rings. The Morgan fingerprint density at radius 2 is 2.15 bits per heavy atom. The standard InChI is InChI=1S/C15H19NO3S/c1-9-4-3-7-16(13(9)15(18)19)14(17)12-8-10-5-2-6-11(10)20-12/h8-9,13H,2-7H2,1H3,(H,18,19). The van der Waals surface area contributed by atoms with Gasteiger partial charge in [0.2, 0.25) is 0 Å². The second-order valence-corrected chi connectivity index (χ2v) is 6.95. The van der Waals surface area contributed by atoms with Gasteiger partial charge in [0.15, 0.2) is 0 Å². The van der Waals surface area contributed by atoms with E-state index >= 15 is 0 Å². The number of rotatable bonds is 2. The predicted molar refractivity (Wildman–Crippen MR) is 77.2 cm³/mol. The van der Waals surface area contributed by atoms with Crippen LogP contribution in [-0.2, 0) is 17.6 Å². The van der Waals surface area contributed by atoms with Crippen molar-refractivity contribution < 1.29 is 14.7 Å². The van der Waals surface area contributed by atoms with Crippen LogP contribution in [0.2, 0.25) is 0 Å². The van der Waals surface area contributed by atoms with Crippen LogP contribution in [0.4, 0.5) is 0 Å². The fourth-order valence-corrected chi connectivity index (χ4v) is 4.58. The van der Waals surface area contributed by atoms with E-state index in [2.05, 4.69) is 0 Å². The van der Waals surface area contributed by atoms with Gasteiger partial charge in [-0.3, -0.25) is 4.79 Å². The predicted octanol–water partition coefficient (Wildman–Crippen LogP) is 2.56. The Labute approximate surface area is 122 Å². The Bertz CT molecular complexity index is 530. The quantitative estimate of drug-likeness (QED) is 0.911. The molecular formula is C15H19NO3S. The van der Waals surface area contributed by atoms with Crippen LogP contribution in [0.15, 0.2) is 6.07 Å². The number of aryl methyl sites for hydroxylation is 2. The summed E-state index contributed by atoms with van der Waals surface area (Å²) in [4.78, 5) is 27.7. The highest BCUT2D eigenvalue weighted by atomic mass is 32.1. The third-order valence-corrected chi connectivity index (χ3v) is 5.63. The molecule has 20 heavy (non-hydrogen) atoms. The molecule has 1 aliphatic heterocycles. The van der Waals surface area contributed by atoms with Crippen molar-refractivity contribution in [3.05, 3.63) is 21.4 Å². The van der Waals surface area contributed by atoms with Crippen LogP contribution in [0, 0.1) is 5.92 Å². The molecule has 1 N–H and O–H groups in total. The molecule has 2 unspecified atom stereocenters. The molecule has 0 saturated carbocycles. The minimum atomic E-state index is -0.880. The molecule has 1 saturated heterocycles. The van der Waals surface area contributed by atoms with Crippen molar-refractivity contribution in [2.45, 2.75) is 45.1 Å². The van der Waals surface area contributed by atoms with Crippen LogP contribution >= 0.6 is 11.3 Å². The van der Waals surface area contributed by atoms with Gasteiger partial charge >= 0.3 is 5.97 Å². The van der Waals surface area contributed by atoms with E-state index in [1.165, 1.54) is 16.9 Å². The van der Waals surface area contributed by atoms with Crippen LogP contribution in [0.25, 0.3) is 0 Å². The van der Waals surface area contributed by atoms with Gasteiger partial charge in [0, 0.05) is 11.4 Å². The minimum Gasteiger partial charge on any atom is -0.480 e. The summed E-state index contributed by atoms with van der Waals surface area (Å²) in [5, 5.41) is 9.40. The van der Waals surface area contributed by atoms with Crippen molar-refractivity contribution in [1.82, 2.24) is 4.90 Å². The highest BCUT2D eigenvalue weighted by Gasteiger charge is 2.38. The van der Waals surface area contributed by atoms with Crippen LogP contribution in [-0.4, -0.2) is 34.5 Å². The minimum absolute atomic E-state index is 0.0250. The van der Waals surface area contributed by atoms with Gasteiger partial charge in [0.1, 0.15) is 6.04 Å². The largest absolute Gasteiger partial charge is 0.480 e. The number of thiophene rings is 1. The average Bonchev–Trinajstić information content (AvgIpc) is 2.97. The van der Waals surface area contributed by atoms with E-state index in [-0.39, 0.29) is 11.8 Å². The van der Waals surface area contributed by atoms with Crippen molar-refractivity contribution in [2.75, 3.05) is 6.54 Å². The summed E-state index contributed by atoms with van der Waals surface area (Å²) in [6.07, 6.45) is 5.06. The zero-order valence-corrected chi connectivity index (χ0v) is 12.4. The van der Waals surface area contributed by atoms with Gasteiger partial charge in [-0.1, -0.05) is 6.92 Å². The molecule has 0 radical (unpaired) electrons. The van der Waals surface area contributed by atoms with E-state index in [0.717, 1.165) is 30.6 Å². The third-order valence-electron chi connectivity index (χ3n) is 4.40. The van der Waals surface area contributed by atoms with E-state index in [1.54, 1.807) is 16.2 Å². The lowest BCUT2D eigenvalue weighted by molar-refractivity contribution is -0.145. The molecule has 1 aromatic heterocycles. The zero-order chi connectivity index (χ0) is 14.3. The van der Waals surface area contributed by atoms with E-state index in [9.17, 15) is 14.7 Å². The van der Waals surface area contributed by atoms with E-state index in [1.807, 2.05) is 13.0 Å². The van der Waals surface area contributed by atoms with Gasteiger partial charge in [0.25, 0.3) is 5.91 Å². The Morgan fingerprint density at radius 1 is 1.35 bits per heavy atom. The number of carbonyl (C=O) groups is 2. The molecule has 2 aliphatic rings. The Balaban J connectivity index is 1.85. The van der Waals surface area contributed by atoms with Gasteiger partial charge in [-0.2, -0.15) is 0 Å². The van der Waals surface area contributed by atoms with Gasteiger partial charge in [-0.25, -0.2) is 4.79 Å². The molecule has 2 atom stereocenters. The van der Waals surface area contributed by atoms with E-state index in [0.29, 0.717) is 6.54 Å². The molecule has 1 aliphatic carbocycles. The van der Waals surface area contributed by atoms with E-state index in [4.69, 9.17) is 0 Å². The maximum atomic E-state index is 12.6. The van der Waals surface area contributed by atoms with Gasteiger partial charge in [-0.15, -0.1) is 11.3 Å². The molecule has 4 nitrogen and oxygen atoms in total. The number of amides is 1. The van der Waals surface area contributed by atoms with Crippen molar-refractivity contribution in [3.63, 3.8) is 0 Å². The topological polar surface area (TPSA) is 57.6 Å². The summed E-state index contributed by atoms with van der Waals surface area (Å²) < 4.78 is 0. The first-order valence-corrected chi connectivity index (χ1v) is 8.05. The first kappa shape index (κ1) is 13.6. The number of carboxylic acid groups (broad SMARTS) is 1. The first-order valence-electron chi connectivity index (χ1n) is 7.23. The number of hydrogen-bond donors (Lipinski definition) is 1. The normalized spacial score (nSPS) is 25.6. The number of nitrogens with zero attached hydrogens (tertiary/aromatic N) is 1. The first-order chi connectivity index (χ1) is 9.58. The highest BCUT2D eigenvalue weighted by Crippen LogP contribution is 2.33. The number of carboxylic acids is 1. The van der Waals surface area contributed by atoms with Crippen LogP contribution in [0.5, 0.6) is 0 Å². The number of hydrogen-bond acceptors (Lipinski definition) is 3. The smallest absolute Gasteiger partial charge is 0.326 e. The molecule has 3 rings (SSSR count). The van der Waals surface area contributed by atoms with Crippen LogP contribution < -0.4 is 0 Å². The van der Waals surface area contributed by atoms with Crippen molar-refractivity contribution >= 4 is 23.2 Å². The molecule has 0 bridgehead atoms. The fourth-order valence-electron chi connectivity index (χ4n) is 3.37. The number of likely N-dealkylation sites (tertiary alicyclic amines) is 1. The summed E-state index contributed by atoms with van der Waals surface area (Å²) in [7, 11) is 0. The summed E-state index contributed by atoms with van der Waals surface area (Å²) in [5.74, 6) is -0.949. The molecular weight excluding hydrogens is 274 g/mol. The van der Waals surface area contributed by atoms with Crippen LogP contribution in [0.1, 0.15) is 46.3 Å². The van der Waals surface area contributed by atoms with Crippen molar-refractivity contribution in [3.8, 4) is 0 Å². The molecule has 0 aromatic carbocycles. The molecule has 1 aromatic rings. The van der Waals surface area contributed by atoms with E-state index < -0.39 is 12.0 Å². The fraction of sp³-hybridized carbons (Fsp3) is 0.600. The molecule has 1 amide bonds. The zero-order valence-electron chi connectivity index (χ0n) is 11.6. The Morgan fingerprint density at radius 3 is 2.85 bits per heavy atom. The highest BCUT2D eigenvalue weighted by molar-refractivity contribution is 7.14. The second-order valence-electron chi connectivity index (χ2n) is 5.81. The maximum Gasteiger partial charge on any atom is 0.326 e. The lowest BCUT2D eigenvalue weighted by atomic mass is 9.90. The van der Waals surface area contributed by atoms with Crippen molar-refractivity contribution in [1.29, 1.82) is 0 Å². The Hall–Kier alpha value is -1.36. The monoisotopic (exact) mass is 293 g/mol.